The molecule has 4 rings (SSSR count). The summed E-state index contributed by atoms with van der Waals surface area (Å²) in [5, 5.41) is 5.16. The van der Waals surface area contributed by atoms with E-state index in [1.807, 2.05) is 24.3 Å². The minimum atomic E-state index is -4.00. The second-order valence-electron chi connectivity index (χ2n) is 6.23. The first-order valence-corrected chi connectivity index (χ1v) is 9.85. The summed E-state index contributed by atoms with van der Waals surface area (Å²) in [6.07, 6.45) is 0.773. The molecule has 26 heavy (non-hydrogen) atoms. The third-order valence-corrected chi connectivity index (χ3v) is 5.95. The lowest BCUT2D eigenvalue weighted by atomic mass is 9.98. The van der Waals surface area contributed by atoms with Crippen LogP contribution in [0.5, 0.6) is 0 Å². The highest BCUT2D eigenvalue weighted by molar-refractivity contribution is 7.89. The van der Waals surface area contributed by atoms with Crippen LogP contribution in [0.4, 0.5) is 0 Å². The Morgan fingerprint density at radius 1 is 0.885 bits per heavy atom. The summed E-state index contributed by atoms with van der Waals surface area (Å²) in [6, 6.07) is 17.8. The second-order valence-corrected chi connectivity index (χ2v) is 8.16. The fraction of sp³-hybridized carbons (Fsp3) is 0.0500. The average molecular weight is 384 g/mol. The molecule has 0 radical (unpaired) electrons. The number of carbonyl (C=O) groups is 1. The number of carbonyl (C=O) groups excluding carboxylic acids is 1. The zero-order chi connectivity index (χ0) is 18.5. The van der Waals surface area contributed by atoms with Gasteiger partial charge in [-0.1, -0.05) is 48.0 Å². The third kappa shape index (κ3) is 2.84. The van der Waals surface area contributed by atoms with E-state index in [-0.39, 0.29) is 21.3 Å². The molecule has 4 nitrogen and oxygen atoms in total. The molecule has 0 fully saturated rings. The number of hydrogen-bond donors (Lipinski definition) is 1. The van der Waals surface area contributed by atoms with Gasteiger partial charge in [0.1, 0.15) is 4.90 Å². The Kier molecular flexibility index (Phi) is 3.95. The summed E-state index contributed by atoms with van der Waals surface area (Å²) < 4.78 is 23.3. The summed E-state index contributed by atoms with van der Waals surface area (Å²) in [4.78, 5) is 12.6. The fourth-order valence-electron chi connectivity index (χ4n) is 3.32. The van der Waals surface area contributed by atoms with Gasteiger partial charge >= 0.3 is 0 Å². The minimum Gasteiger partial charge on any atom is -0.289 e. The number of nitrogens with two attached hydrogens (primary N) is 1. The largest absolute Gasteiger partial charge is 0.289 e. The van der Waals surface area contributed by atoms with Crippen LogP contribution in [0.15, 0.2) is 65.6 Å². The van der Waals surface area contributed by atoms with E-state index >= 15 is 0 Å². The highest BCUT2D eigenvalue weighted by atomic mass is 35.5. The van der Waals surface area contributed by atoms with E-state index in [1.165, 1.54) is 29.3 Å². The molecule has 2 N–H and O–H groups in total. The molecule has 1 aliphatic carbocycles. The number of primary sulfonamides is 1. The molecule has 3 aromatic carbocycles. The van der Waals surface area contributed by atoms with Crippen molar-refractivity contribution in [3.8, 4) is 11.1 Å². The number of halogens is 1. The standard InChI is InChI=1S/C20H14ClNO3S/c21-18-8-6-14(11-19(18)26(22,24)25)20(23)13-5-7-17-15(10-13)9-12-3-1-2-4-16(12)17/h1-8,10-11H,9H2,(H2,22,24,25). The minimum absolute atomic E-state index is 0.00606. The smallest absolute Gasteiger partial charge is 0.239 e. The van der Waals surface area contributed by atoms with Crippen molar-refractivity contribution in [1.29, 1.82) is 0 Å². The van der Waals surface area contributed by atoms with E-state index in [9.17, 15) is 13.2 Å². The van der Waals surface area contributed by atoms with Crippen LogP contribution in [0.2, 0.25) is 5.02 Å². The van der Waals surface area contributed by atoms with Crippen LogP contribution in [0.1, 0.15) is 27.0 Å². The van der Waals surface area contributed by atoms with Crippen LogP contribution in [0, 0.1) is 0 Å². The lowest BCUT2D eigenvalue weighted by Gasteiger charge is -2.07. The molecular weight excluding hydrogens is 370 g/mol. The van der Waals surface area contributed by atoms with Gasteiger partial charge in [0, 0.05) is 11.1 Å². The van der Waals surface area contributed by atoms with E-state index < -0.39 is 10.0 Å². The molecule has 0 saturated heterocycles. The van der Waals surface area contributed by atoms with Crippen LogP contribution in [-0.4, -0.2) is 14.2 Å². The molecule has 0 aliphatic heterocycles. The Hall–Kier alpha value is -2.47. The van der Waals surface area contributed by atoms with Crippen LogP contribution >= 0.6 is 11.6 Å². The molecule has 6 heteroatoms. The van der Waals surface area contributed by atoms with Gasteiger partial charge in [0.05, 0.1) is 5.02 Å². The molecule has 0 saturated carbocycles. The normalized spacial score (nSPS) is 12.5. The number of sulfonamides is 1. The molecule has 0 bridgehead atoms. The topological polar surface area (TPSA) is 77.2 Å². The summed E-state index contributed by atoms with van der Waals surface area (Å²) in [5.41, 5.74) is 5.35. The summed E-state index contributed by atoms with van der Waals surface area (Å²) in [6.45, 7) is 0. The quantitative estimate of drug-likeness (QED) is 0.547. The lowest BCUT2D eigenvalue weighted by molar-refractivity contribution is 0.103. The summed E-state index contributed by atoms with van der Waals surface area (Å²) in [5.74, 6) is -0.273. The molecule has 0 amide bonds. The first-order valence-electron chi connectivity index (χ1n) is 7.93. The molecule has 0 atom stereocenters. The maximum absolute atomic E-state index is 12.8. The molecular formula is C20H14ClNO3S. The Labute approximate surface area is 156 Å². The van der Waals surface area contributed by atoms with Gasteiger partial charge in [-0.2, -0.15) is 0 Å². The third-order valence-electron chi connectivity index (χ3n) is 4.56. The molecule has 130 valence electrons. The molecule has 0 aromatic heterocycles. The Bertz CT molecular complexity index is 1170. The van der Waals surface area contributed by atoms with Crippen molar-refractivity contribution >= 4 is 27.4 Å². The molecule has 0 spiro atoms. The van der Waals surface area contributed by atoms with E-state index in [4.69, 9.17) is 16.7 Å². The van der Waals surface area contributed by atoms with Gasteiger partial charge in [0.2, 0.25) is 10.0 Å². The van der Waals surface area contributed by atoms with Crippen molar-refractivity contribution in [2.45, 2.75) is 11.3 Å². The summed E-state index contributed by atoms with van der Waals surface area (Å²) >= 11 is 5.89. The Morgan fingerprint density at radius 2 is 1.54 bits per heavy atom. The molecule has 0 unspecified atom stereocenters. The number of benzene rings is 3. The first-order chi connectivity index (χ1) is 12.3. The van der Waals surface area contributed by atoms with Crippen molar-refractivity contribution < 1.29 is 13.2 Å². The van der Waals surface area contributed by atoms with E-state index in [0.29, 0.717) is 5.56 Å². The van der Waals surface area contributed by atoms with Crippen LogP contribution in [-0.2, 0) is 16.4 Å². The van der Waals surface area contributed by atoms with Crippen LogP contribution < -0.4 is 5.14 Å². The van der Waals surface area contributed by atoms with E-state index in [2.05, 4.69) is 12.1 Å². The Balaban J connectivity index is 1.74. The maximum atomic E-state index is 12.8. The van der Waals surface area contributed by atoms with E-state index in [1.54, 1.807) is 6.07 Å². The van der Waals surface area contributed by atoms with E-state index in [0.717, 1.165) is 17.5 Å². The predicted molar refractivity (Wildman–Crippen MR) is 101 cm³/mol. The highest BCUT2D eigenvalue weighted by Crippen LogP contribution is 2.37. The fourth-order valence-corrected chi connectivity index (χ4v) is 4.39. The SMILES string of the molecule is NS(=O)(=O)c1cc(C(=O)c2ccc3c(c2)Cc2ccccc2-3)ccc1Cl. The van der Waals surface area contributed by atoms with Crippen LogP contribution in [0.25, 0.3) is 11.1 Å². The van der Waals surface area contributed by atoms with Gasteiger partial charge in [0.25, 0.3) is 0 Å². The van der Waals surface area contributed by atoms with Crippen LogP contribution in [0.3, 0.4) is 0 Å². The number of hydrogen-bond acceptors (Lipinski definition) is 3. The molecule has 1 aliphatic rings. The van der Waals surface area contributed by atoms with Crippen molar-refractivity contribution in [3.05, 3.63) is 87.9 Å². The zero-order valence-electron chi connectivity index (χ0n) is 13.6. The van der Waals surface area contributed by atoms with Crippen molar-refractivity contribution in [3.63, 3.8) is 0 Å². The average Bonchev–Trinajstić information content (AvgIpc) is 2.98. The van der Waals surface area contributed by atoms with Crippen molar-refractivity contribution in [1.82, 2.24) is 0 Å². The lowest BCUT2D eigenvalue weighted by Crippen LogP contribution is -2.14. The maximum Gasteiger partial charge on any atom is 0.239 e. The first kappa shape index (κ1) is 17.0. The van der Waals surface area contributed by atoms with Gasteiger partial charge in [-0.15, -0.1) is 0 Å². The van der Waals surface area contributed by atoms with Crippen molar-refractivity contribution in [2.24, 2.45) is 5.14 Å². The highest BCUT2D eigenvalue weighted by Gasteiger charge is 2.21. The van der Waals surface area contributed by atoms with Gasteiger partial charge in [0.15, 0.2) is 5.78 Å². The number of rotatable bonds is 3. The number of ketones is 1. The molecule has 3 aromatic rings. The van der Waals surface area contributed by atoms with Gasteiger partial charge in [-0.3, -0.25) is 4.79 Å². The Morgan fingerprint density at radius 3 is 2.31 bits per heavy atom. The summed E-state index contributed by atoms with van der Waals surface area (Å²) in [7, 11) is -4.00. The number of fused-ring (bicyclic) bond motifs is 3. The molecule has 0 heterocycles. The predicted octanol–water partition coefficient (Wildman–Crippen LogP) is 3.79. The zero-order valence-corrected chi connectivity index (χ0v) is 15.1. The van der Waals surface area contributed by atoms with Gasteiger partial charge in [-0.05, 0) is 52.9 Å². The monoisotopic (exact) mass is 383 g/mol. The van der Waals surface area contributed by atoms with Gasteiger partial charge < -0.3 is 0 Å². The van der Waals surface area contributed by atoms with Gasteiger partial charge in [-0.25, -0.2) is 13.6 Å². The second kappa shape index (κ2) is 6.06. The van der Waals surface area contributed by atoms with Crippen molar-refractivity contribution in [2.75, 3.05) is 0 Å².